The van der Waals surface area contributed by atoms with E-state index < -0.39 is 0 Å². The Kier molecular flexibility index (Phi) is 3.67. The molecule has 0 amide bonds. The molecule has 0 fully saturated rings. The average Bonchev–Trinajstić information content (AvgIpc) is 2.70. The van der Waals surface area contributed by atoms with Gasteiger partial charge in [0, 0.05) is 6.54 Å². The number of hydrogen-bond acceptors (Lipinski definition) is 3. The molecule has 0 radical (unpaired) electrons. The van der Waals surface area contributed by atoms with E-state index in [2.05, 4.69) is 17.4 Å². The molecule has 0 spiro atoms. The Hall–Kier alpha value is -1.94. The van der Waals surface area contributed by atoms with Crippen LogP contribution < -0.4 is 11.1 Å². The van der Waals surface area contributed by atoms with Crippen LogP contribution in [0, 0.1) is 0 Å². The van der Waals surface area contributed by atoms with Gasteiger partial charge in [-0.1, -0.05) is 30.3 Å². The normalized spacial score (nSPS) is 10.4. The van der Waals surface area contributed by atoms with Crippen molar-refractivity contribution in [2.24, 2.45) is 0 Å². The molecule has 4 N–H and O–H groups in total. The highest BCUT2D eigenvalue weighted by Crippen LogP contribution is 2.18. The monoisotopic (exact) mass is 231 g/mol. The van der Waals surface area contributed by atoms with Crippen molar-refractivity contribution in [3.63, 3.8) is 0 Å². The summed E-state index contributed by atoms with van der Waals surface area (Å²) in [4.78, 5) is 0. The lowest BCUT2D eigenvalue weighted by molar-refractivity contribution is 0.311. The molecule has 0 aliphatic rings. The van der Waals surface area contributed by atoms with Crippen LogP contribution in [0.4, 0.5) is 11.6 Å². The number of aliphatic hydroxyl groups excluding tert-OH is 1. The van der Waals surface area contributed by atoms with Gasteiger partial charge in [-0.05, 0) is 17.7 Å². The highest BCUT2D eigenvalue weighted by Gasteiger charge is 2.05. The summed E-state index contributed by atoms with van der Waals surface area (Å²) < 4.78 is 1.99. The van der Waals surface area contributed by atoms with Crippen LogP contribution in [0.25, 0.3) is 0 Å². The molecule has 0 atom stereocenters. The number of rotatable bonds is 5. The lowest BCUT2D eigenvalue weighted by Crippen LogP contribution is -2.12. The molecule has 17 heavy (non-hydrogen) atoms. The summed E-state index contributed by atoms with van der Waals surface area (Å²) in [5.41, 5.74) is 7.12. The summed E-state index contributed by atoms with van der Waals surface area (Å²) in [7, 11) is 0. The number of nitrogens with two attached hydrogens (primary N) is 1. The van der Waals surface area contributed by atoms with Crippen molar-refractivity contribution in [3.8, 4) is 0 Å². The maximum absolute atomic E-state index is 8.81. The Morgan fingerprint density at radius 3 is 2.59 bits per heavy atom. The molecule has 2 aromatic rings. The van der Waals surface area contributed by atoms with Crippen LogP contribution >= 0.6 is 0 Å². The summed E-state index contributed by atoms with van der Waals surface area (Å²) >= 11 is 0. The van der Waals surface area contributed by atoms with Crippen molar-refractivity contribution in [1.82, 2.24) is 4.57 Å². The molecule has 2 rings (SSSR count). The predicted octanol–water partition coefficient (Wildman–Crippen LogP) is 1.52. The predicted molar refractivity (Wildman–Crippen MR) is 70.0 cm³/mol. The van der Waals surface area contributed by atoms with Gasteiger partial charge < -0.3 is 20.7 Å². The highest BCUT2D eigenvalue weighted by molar-refractivity contribution is 5.49. The van der Waals surface area contributed by atoms with Gasteiger partial charge in [0.25, 0.3) is 0 Å². The largest absolute Gasteiger partial charge is 0.395 e. The SMILES string of the molecule is Nc1ccc(NCCO)n1Cc1ccccc1. The number of aliphatic hydroxyl groups is 1. The maximum atomic E-state index is 8.81. The average molecular weight is 231 g/mol. The van der Waals surface area contributed by atoms with E-state index in [1.165, 1.54) is 5.56 Å². The van der Waals surface area contributed by atoms with E-state index in [0.29, 0.717) is 12.4 Å². The van der Waals surface area contributed by atoms with Crippen LogP contribution in [0.1, 0.15) is 5.56 Å². The van der Waals surface area contributed by atoms with E-state index in [1.54, 1.807) is 0 Å². The number of anilines is 2. The fourth-order valence-corrected chi connectivity index (χ4v) is 1.76. The third-order valence-corrected chi connectivity index (χ3v) is 2.62. The highest BCUT2D eigenvalue weighted by atomic mass is 16.3. The van der Waals surface area contributed by atoms with Crippen LogP contribution in [0.15, 0.2) is 42.5 Å². The number of nitrogens with zero attached hydrogens (tertiary/aromatic N) is 1. The quantitative estimate of drug-likeness (QED) is 0.731. The Labute approximate surface area is 101 Å². The molecule has 4 heteroatoms. The van der Waals surface area contributed by atoms with E-state index in [0.717, 1.165) is 12.4 Å². The Bertz CT molecular complexity index is 465. The third kappa shape index (κ3) is 2.79. The minimum atomic E-state index is 0.108. The zero-order valence-electron chi connectivity index (χ0n) is 9.63. The van der Waals surface area contributed by atoms with Crippen molar-refractivity contribution >= 4 is 11.6 Å². The molecule has 0 aliphatic heterocycles. The maximum Gasteiger partial charge on any atom is 0.107 e. The molecule has 0 saturated heterocycles. The lowest BCUT2D eigenvalue weighted by Gasteiger charge is -2.12. The molecular formula is C13H17N3O. The Morgan fingerprint density at radius 2 is 1.88 bits per heavy atom. The summed E-state index contributed by atoms with van der Waals surface area (Å²) in [5, 5.41) is 11.9. The van der Waals surface area contributed by atoms with Crippen LogP contribution in [0.2, 0.25) is 0 Å². The zero-order chi connectivity index (χ0) is 12.1. The minimum absolute atomic E-state index is 0.108. The first kappa shape index (κ1) is 11.5. The van der Waals surface area contributed by atoms with Gasteiger partial charge in [0.2, 0.25) is 0 Å². The first-order valence-corrected chi connectivity index (χ1v) is 5.65. The van der Waals surface area contributed by atoms with E-state index in [-0.39, 0.29) is 6.61 Å². The molecule has 1 aromatic heterocycles. The van der Waals surface area contributed by atoms with Crippen molar-refractivity contribution in [3.05, 3.63) is 48.0 Å². The van der Waals surface area contributed by atoms with Gasteiger partial charge in [0.1, 0.15) is 11.6 Å². The van der Waals surface area contributed by atoms with Gasteiger partial charge in [0.15, 0.2) is 0 Å². The van der Waals surface area contributed by atoms with E-state index in [9.17, 15) is 0 Å². The zero-order valence-corrected chi connectivity index (χ0v) is 9.63. The number of hydrogen-bond donors (Lipinski definition) is 3. The molecule has 1 heterocycles. The van der Waals surface area contributed by atoms with Crippen LogP contribution in [0.3, 0.4) is 0 Å². The van der Waals surface area contributed by atoms with Gasteiger partial charge in [0.05, 0.1) is 13.2 Å². The van der Waals surface area contributed by atoms with Gasteiger partial charge in [-0.25, -0.2) is 0 Å². The second kappa shape index (κ2) is 5.41. The van der Waals surface area contributed by atoms with Gasteiger partial charge >= 0.3 is 0 Å². The lowest BCUT2D eigenvalue weighted by atomic mass is 10.2. The van der Waals surface area contributed by atoms with Crippen molar-refractivity contribution < 1.29 is 5.11 Å². The van der Waals surface area contributed by atoms with E-state index in [4.69, 9.17) is 10.8 Å². The Balaban J connectivity index is 2.17. The molecule has 0 bridgehead atoms. The molecule has 90 valence electrons. The van der Waals surface area contributed by atoms with Crippen molar-refractivity contribution in [1.29, 1.82) is 0 Å². The van der Waals surface area contributed by atoms with E-state index >= 15 is 0 Å². The Morgan fingerprint density at radius 1 is 1.12 bits per heavy atom. The van der Waals surface area contributed by atoms with Gasteiger partial charge in [-0.3, -0.25) is 0 Å². The number of nitrogens with one attached hydrogen (secondary N) is 1. The fraction of sp³-hybridized carbons (Fsp3) is 0.231. The molecular weight excluding hydrogens is 214 g/mol. The van der Waals surface area contributed by atoms with Crippen LogP contribution in [-0.4, -0.2) is 22.8 Å². The number of nitrogen functional groups attached to an aromatic ring is 1. The molecule has 0 unspecified atom stereocenters. The fourth-order valence-electron chi connectivity index (χ4n) is 1.76. The smallest absolute Gasteiger partial charge is 0.107 e. The first-order chi connectivity index (χ1) is 8.31. The van der Waals surface area contributed by atoms with Crippen molar-refractivity contribution in [2.75, 3.05) is 24.2 Å². The van der Waals surface area contributed by atoms with Gasteiger partial charge in [-0.2, -0.15) is 0 Å². The van der Waals surface area contributed by atoms with Gasteiger partial charge in [-0.15, -0.1) is 0 Å². The second-order valence-corrected chi connectivity index (χ2v) is 3.87. The molecule has 0 aliphatic carbocycles. The van der Waals surface area contributed by atoms with Crippen LogP contribution in [-0.2, 0) is 6.54 Å². The standard InChI is InChI=1S/C13H17N3O/c14-12-6-7-13(15-8-9-17)16(12)10-11-4-2-1-3-5-11/h1-7,15,17H,8-10,14H2. The second-order valence-electron chi connectivity index (χ2n) is 3.87. The topological polar surface area (TPSA) is 63.2 Å². The summed E-state index contributed by atoms with van der Waals surface area (Å²) in [6, 6.07) is 13.9. The summed E-state index contributed by atoms with van der Waals surface area (Å²) in [6.07, 6.45) is 0. The molecule has 4 nitrogen and oxygen atoms in total. The van der Waals surface area contributed by atoms with Crippen molar-refractivity contribution in [2.45, 2.75) is 6.54 Å². The number of benzene rings is 1. The molecule has 1 aromatic carbocycles. The number of aromatic nitrogens is 1. The third-order valence-electron chi connectivity index (χ3n) is 2.62. The first-order valence-electron chi connectivity index (χ1n) is 5.65. The molecule has 0 saturated carbocycles. The van der Waals surface area contributed by atoms with E-state index in [1.807, 2.05) is 34.9 Å². The minimum Gasteiger partial charge on any atom is -0.395 e. The van der Waals surface area contributed by atoms with Crippen LogP contribution in [0.5, 0.6) is 0 Å². The summed E-state index contributed by atoms with van der Waals surface area (Å²) in [5.74, 6) is 1.65. The summed E-state index contributed by atoms with van der Waals surface area (Å²) in [6.45, 7) is 1.36.